The van der Waals surface area contributed by atoms with Crippen LogP contribution in [-0.2, 0) is 19.4 Å². The topological polar surface area (TPSA) is 96.3 Å². The predicted octanol–water partition coefficient (Wildman–Crippen LogP) is 1.35. The van der Waals surface area contributed by atoms with E-state index >= 15 is 0 Å². The maximum Gasteiger partial charge on any atom is 0.181 e. The number of rotatable bonds is 6. The molecule has 4 rings (SSSR count). The van der Waals surface area contributed by atoms with Crippen LogP contribution in [0.3, 0.4) is 0 Å². The van der Waals surface area contributed by atoms with Crippen molar-refractivity contribution in [1.82, 2.24) is 40.6 Å². The van der Waals surface area contributed by atoms with E-state index in [0.29, 0.717) is 18.0 Å². The fraction of sp³-hybridized carbons (Fsp3) is 0.444. The lowest BCUT2D eigenvalue weighted by molar-refractivity contribution is 0.418. The van der Waals surface area contributed by atoms with Crippen molar-refractivity contribution in [2.45, 2.75) is 45.3 Å². The van der Waals surface area contributed by atoms with E-state index < -0.39 is 0 Å². The van der Waals surface area contributed by atoms with Crippen molar-refractivity contribution in [2.24, 2.45) is 5.92 Å². The molecule has 0 bridgehead atoms. The van der Waals surface area contributed by atoms with Crippen LogP contribution in [0.15, 0.2) is 37.1 Å². The Bertz CT molecular complexity index is 816. The zero-order valence-electron chi connectivity index (χ0n) is 15.1. The number of aryl methyl sites for hydroxylation is 2. The van der Waals surface area contributed by atoms with E-state index in [2.05, 4.69) is 39.7 Å². The van der Waals surface area contributed by atoms with Gasteiger partial charge in [0, 0.05) is 61.3 Å². The minimum atomic E-state index is 0.395. The molecule has 4 heterocycles. The Morgan fingerprint density at radius 2 is 1.85 bits per heavy atom. The third-order valence-corrected chi connectivity index (χ3v) is 5.08. The van der Waals surface area contributed by atoms with Crippen LogP contribution in [-0.4, -0.2) is 41.8 Å². The molecule has 0 radical (unpaired) electrons. The first-order valence-electron chi connectivity index (χ1n) is 9.03. The van der Waals surface area contributed by atoms with Gasteiger partial charge in [0.2, 0.25) is 0 Å². The van der Waals surface area contributed by atoms with Gasteiger partial charge in [-0.05, 0) is 31.9 Å². The number of aromatic nitrogens is 6. The molecule has 0 amide bonds. The van der Waals surface area contributed by atoms with Crippen LogP contribution in [0.1, 0.15) is 25.4 Å². The van der Waals surface area contributed by atoms with Gasteiger partial charge in [0.1, 0.15) is 5.82 Å². The lowest BCUT2D eigenvalue weighted by Crippen LogP contribution is -2.30. The summed E-state index contributed by atoms with van der Waals surface area (Å²) in [6, 6.07) is 4.68. The van der Waals surface area contributed by atoms with Gasteiger partial charge in [0.15, 0.2) is 5.82 Å². The van der Waals surface area contributed by atoms with Crippen LogP contribution in [0, 0.1) is 5.92 Å². The Morgan fingerprint density at radius 3 is 2.54 bits per heavy atom. The Kier molecular flexibility index (Phi) is 4.77. The Morgan fingerprint density at radius 1 is 1.08 bits per heavy atom. The van der Waals surface area contributed by atoms with Gasteiger partial charge in [-0.2, -0.15) is 5.10 Å². The SMILES string of the molecule is CC1NNC(C)C1Cc1nc(-c2ccncc2)nn1CCc1cnc[nH]1. The molecule has 136 valence electrons. The summed E-state index contributed by atoms with van der Waals surface area (Å²) in [5.41, 5.74) is 8.74. The molecule has 8 nitrogen and oxygen atoms in total. The van der Waals surface area contributed by atoms with Crippen molar-refractivity contribution in [3.63, 3.8) is 0 Å². The molecule has 1 aliphatic heterocycles. The van der Waals surface area contributed by atoms with Gasteiger partial charge in [-0.25, -0.2) is 14.6 Å². The number of hydrazine groups is 1. The first-order chi connectivity index (χ1) is 12.7. The molecule has 2 unspecified atom stereocenters. The molecule has 0 aliphatic carbocycles. The molecule has 3 aromatic heterocycles. The molecule has 3 N–H and O–H groups in total. The number of hydrogen-bond acceptors (Lipinski definition) is 6. The van der Waals surface area contributed by atoms with Gasteiger partial charge in [-0.1, -0.05) is 0 Å². The standard InChI is InChI=1S/C18H24N8/c1-12-16(13(2)24-23-12)9-17-22-18(14-3-6-19-7-4-14)25-26(17)8-5-15-10-20-11-21-15/h3-4,6-7,10-13,16,23-24H,5,8-9H2,1-2H3,(H,20,21). The second kappa shape index (κ2) is 7.35. The molecule has 1 saturated heterocycles. The molecule has 0 saturated carbocycles. The van der Waals surface area contributed by atoms with Crippen LogP contribution in [0.2, 0.25) is 0 Å². The number of nitrogens with one attached hydrogen (secondary N) is 3. The fourth-order valence-corrected chi connectivity index (χ4v) is 3.45. The summed E-state index contributed by atoms with van der Waals surface area (Å²) < 4.78 is 2.04. The van der Waals surface area contributed by atoms with Crippen LogP contribution in [0.5, 0.6) is 0 Å². The van der Waals surface area contributed by atoms with E-state index in [4.69, 9.17) is 10.1 Å². The van der Waals surface area contributed by atoms with Crippen LogP contribution in [0.4, 0.5) is 0 Å². The normalized spacial score (nSPS) is 22.8. The van der Waals surface area contributed by atoms with Crippen LogP contribution in [0.25, 0.3) is 11.4 Å². The maximum absolute atomic E-state index is 4.86. The number of H-pyrrole nitrogens is 1. The van der Waals surface area contributed by atoms with E-state index in [1.54, 1.807) is 18.7 Å². The van der Waals surface area contributed by atoms with Crippen molar-refractivity contribution in [2.75, 3.05) is 0 Å². The van der Waals surface area contributed by atoms with Crippen molar-refractivity contribution in [3.8, 4) is 11.4 Å². The summed E-state index contributed by atoms with van der Waals surface area (Å²) in [4.78, 5) is 16.2. The molecular formula is C18H24N8. The fourth-order valence-electron chi connectivity index (χ4n) is 3.45. The highest BCUT2D eigenvalue weighted by atomic mass is 15.4. The highest BCUT2D eigenvalue weighted by Crippen LogP contribution is 2.22. The smallest absolute Gasteiger partial charge is 0.181 e. The van der Waals surface area contributed by atoms with E-state index in [9.17, 15) is 0 Å². The summed E-state index contributed by atoms with van der Waals surface area (Å²) in [5.74, 6) is 2.24. The number of nitrogens with zero attached hydrogens (tertiary/aromatic N) is 5. The molecular weight excluding hydrogens is 328 g/mol. The van der Waals surface area contributed by atoms with E-state index in [-0.39, 0.29) is 0 Å². The average Bonchev–Trinajstić information content (AvgIpc) is 3.38. The second-order valence-electron chi connectivity index (χ2n) is 6.87. The summed E-state index contributed by atoms with van der Waals surface area (Å²) >= 11 is 0. The number of pyridine rings is 1. The highest BCUT2D eigenvalue weighted by Gasteiger charge is 2.31. The lowest BCUT2D eigenvalue weighted by atomic mass is 9.93. The molecule has 1 fully saturated rings. The quantitative estimate of drug-likeness (QED) is 0.620. The van der Waals surface area contributed by atoms with Gasteiger partial charge >= 0.3 is 0 Å². The van der Waals surface area contributed by atoms with Gasteiger partial charge in [0.05, 0.1) is 6.33 Å². The van der Waals surface area contributed by atoms with E-state index in [1.165, 1.54) is 0 Å². The molecule has 8 heteroatoms. The zero-order valence-corrected chi connectivity index (χ0v) is 15.1. The first-order valence-corrected chi connectivity index (χ1v) is 9.03. The zero-order chi connectivity index (χ0) is 17.9. The van der Waals surface area contributed by atoms with Crippen molar-refractivity contribution in [3.05, 3.63) is 48.6 Å². The Balaban J connectivity index is 1.60. The average molecular weight is 352 g/mol. The third kappa shape index (κ3) is 3.51. The number of hydrogen-bond donors (Lipinski definition) is 3. The largest absolute Gasteiger partial charge is 0.348 e. The van der Waals surface area contributed by atoms with Crippen molar-refractivity contribution < 1.29 is 0 Å². The molecule has 26 heavy (non-hydrogen) atoms. The summed E-state index contributed by atoms with van der Waals surface area (Å²) in [7, 11) is 0. The summed E-state index contributed by atoms with van der Waals surface area (Å²) in [5, 5.41) is 4.77. The maximum atomic E-state index is 4.86. The van der Waals surface area contributed by atoms with E-state index in [0.717, 1.165) is 42.3 Å². The lowest BCUT2D eigenvalue weighted by Gasteiger charge is -2.17. The molecule has 1 aliphatic rings. The minimum Gasteiger partial charge on any atom is -0.348 e. The van der Waals surface area contributed by atoms with Gasteiger partial charge < -0.3 is 4.98 Å². The van der Waals surface area contributed by atoms with E-state index in [1.807, 2.05) is 23.0 Å². The highest BCUT2D eigenvalue weighted by molar-refractivity contribution is 5.53. The predicted molar refractivity (Wildman–Crippen MR) is 97.9 cm³/mol. The van der Waals surface area contributed by atoms with Crippen LogP contribution >= 0.6 is 0 Å². The monoisotopic (exact) mass is 352 g/mol. The molecule has 3 aromatic rings. The minimum absolute atomic E-state index is 0.395. The molecule has 2 atom stereocenters. The Hall–Kier alpha value is -2.58. The number of aromatic amines is 1. The van der Waals surface area contributed by atoms with Gasteiger partial charge in [-0.15, -0.1) is 0 Å². The third-order valence-electron chi connectivity index (χ3n) is 5.08. The molecule has 0 spiro atoms. The van der Waals surface area contributed by atoms with Crippen molar-refractivity contribution >= 4 is 0 Å². The molecule has 0 aromatic carbocycles. The number of imidazole rings is 1. The second-order valence-corrected chi connectivity index (χ2v) is 6.87. The van der Waals surface area contributed by atoms with Crippen LogP contribution < -0.4 is 10.9 Å². The van der Waals surface area contributed by atoms with Crippen molar-refractivity contribution in [1.29, 1.82) is 0 Å². The Labute approximate surface area is 152 Å². The first kappa shape index (κ1) is 16.9. The summed E-state index contributed by atoms with van der Waals surface area (Å²) in [6.45, 7) is 5.18. The van der Waals surface area contributed by atoms with Gasteiger partial charge in [-0.3, -0.25) is 15.8 Å². The summed E-state index contributed by atoms with van der Waals surface area (Å²) in [6.07, 6.45) is 8.83. The van der Waals surface area contributed by atoms with Gasteiger partial charge in [0.25, 0.3) is 0 Å².